The van der Waals surface area contributed by atoms with Crippen molar-refractivity contribution in [2.24, 2.45) is 5.73 Å². The van der Waals surface area contributed by atoms with E-state index >= 15 is 0 Å². The van der Waals surface area contributed by atoms with E-state index in [0.29, 0.717) is 58.7 Å². The second-order valence-electron chi connectivity index (χ2n) is 10.6. The van der Waals surface area contributed by atoms with E-state index in [-0.39, 0.29) is 10.7 Å². The fourth-order valence-corrected chi connectivity index (χ4v) is 6.37. The first-order valence-corrected chi connectivity index (χ1v) is 15.1. The minimum absolute atomic E-state index is 0.219. The zero-order chi connectivity index (χ0) is 29.6. The van der Waals surface area contributed by atoms with Crippen LogP contribution in [0.1, 0.15) is 25.3 Å². The summed E-state index contributed by atoms with van der Waals surface area (Å²) in [6, 6.07) is 14.6. The van der Waals surface area contributed by atoms with Crippen molar-refractivity contribution < 1.29 is 27.5 Å². The molecule has 41 heavy (non-hydrogen) atoms. The van der Waals surface area contributed by atoms with Crippen LogP contribution in [-0.2, 0) is 30.7 Å². The number of alkyl carbamates (subject to hydrolysis) is 1. The predicted molar refractivity (Wildman–Crippen MR) is 155 cm³/mol. The molecule has 0 bridgehead atoms. The molecule has 11 nitrogen and oxygen atoms in total. The number of amides is 2. The first-order chi connectivity index (χ1) is 19.5. The van der Waals surface area contributed by atoms with Crippen LogP contribution in [0.3, 0.4) is 0 Å². The van der Waals surface area contributed by atoms with Crippen molar-refractivity contribution in [2.75, 3.05) is 46.4 Å². The quantitative estimate of drug-likeness (QED) is 0.300. The molecule has 2 aliphatic rings. The summed E-state index contributed by atoms with van der Waals surface area (Å²) in [4.78, 5) is 27.8. The van der Waals surface area contributed by atoms with Crippen molar-refractivity contribution in [1.29, 1.82) is 0 Å². The molecule has 0 aromatic heterocycles. The molecular formula is C29H39N5O6S. The Bertz CT molecular complexity index is 1330. The highest BCUT2D eigenvalue weighted by Crippen LogP contribution is 2.25. The lowest BCUT2D eigenvalue weighted by Crippen LogP contribution is -2.63. The van der Waals surface area contributed by atoms with Crippen LogP contribution >= 0.6 is 0 Å². The maximum absolute atomic E-state index is 13.2. The first kappa shape index (κ1) is 30.7. The Morgan fingerprint density at radius 3 is 2.15 bits per heavy atom. The third-order valence-electron chi connectivity index (χ3n) is 7.40. The van der Waals surface area contributed by atoms with Gasteiger partial charge in [0.25, 0.3) is 0 Å². The van der Waals surface area contributed by atoms with E-state index in [0.717, 1.165) is 16.7 Å². The summed E-state index contributed by atoms with van der Waals surface area (Å²) in [5.74, 6) is -0.174. The molecule has 2 aliphatic heterocycles. The number of carbonyl (C=O) groups is 2. The SMILES string of the molecule is C=C(C)OC(=O)NC1(C(=O)N[C@H](N)Cc2ccc(-c3ccc(S(=O)(=O)N4CCN(C)CC4)cc3)cc2)CCOCC1. The summed E-state index contributed by atoms with van der Waals surface area (Å²) in [6.45, 7) is 8.14. The van der Waals surface area contributed by atoms with Gasteiger partial charge in [0.1, 0.15) is 5.54 Å². The number of piperazine rings is 1. The van der Waals surface area contributed by atoms with Gasteiger partial charge in [-0.2, -0.15) is 4.31 Å². The van der Waals surface area contributed by atoms with Crippen molar-refractivity contribution in [1.82, 2.24) is 19.8 Å². The molecule has 12 heteroatoms. The maximum atomic E-state index is 13.2. The number of likely N-dealkylation sites (N-methyl/N-ethyl adjacent to an activating group) is 1. The van der Waals surface area contributed by atoms with E-state index in [1.165, 1.54) is 4.31 Å². The number of benzene rings is 2. The van der Waals surface area contributed by atoms with E-state index in [4.69, 9.17) is 15.2 Å². The van der Waals surface area contributed by atoms with Crippen LogP contribution in [-0.4, -0.2) is 87.8 Å². The van der Waals surface area contributed by atoms with Crippen LogP contribution in [0.25, 0.3) is 11.1 Å². The zero-order valence-electron chi connectivity index (χ0n) is 23.6. The highest BCUT2D eigenvalue weighted by atomic mass is 32.2. The predicted octanol–water partition coefficient (Wildman–Crippen LogP) is 2.04. The summed E-state index contributed by atoms with van der Waals surface area (Å²) in [5, 5.41) is 5.50. The first-order valence-electron chi connectivity index (χ1n) is 13.7. The highest BCUT2D eigenvalue weighted by Gasteiger charge is 2.42. The summed E-state index contributed by atoms with van der Waals surface area (Å²) in [7, 11) is -1.54. The largest absolute Gasteiger partial charge is 0.416 e. The topological polar surface area (TPSA) is 143 Å². The van der Waals surface area contributed by atoms with Gasteiger partial charge in [0.2, 0.25) is 15.9 Å². The number of hydrogen-bond acceptors (Lipinski definition) is 8. The van der Waals surface area contributed by atoms with Gasteiger partial charge in [-0.15, -0.1) is 0 Å². The molecule has 0 radical (unpaired) electrons. The van der Waals surface area contributed by atoms with Crippen molar-refractivity contribution in [3.8, 4) is 11.1 Å². The molecule has 4 rings (SSSR count). The van der Waals surface area contributed by atoms with Crippen LogP contribution in [0.4, 0.5) is 4.79 Å². The molecule has 2 saturated heterocycles. The van der Waals surface area contributed by atoms with Crippen LogP contribution in [0.5, 0.6) is 0 Å². The van der Waals surface area contributed by atoms with Crippen LogP contribution in [0.15, 0.2) is 65.8 Å². The molecule has 2 aromatic carbocycles. The number of nitrogens with two attached hydrogens (primary N) is 1. The van der Waals surface area contributed by atoms with Gasteiger partial charge in [-0.25, -0.2) is 13.2 Å². The smallest absolute Gasteiger partial charge is 0.413 e. The lowest BCUT2D eigenvalue weighted by Gasteiger charge is -2.36. The van der Waals surface area contributed by atoms with E-state index in [1.54, 1.807) is 19.1 Å². The third-order valence-corrected chi connectivity index (χ3v) is 9.32. The van der Waals surface area contributed by atoms with Crippen molar-refractivity contribution in [3.05, 3.63) is 66.4 Å². The number of allylic oxidation sites excluding steroid dienone is 1. The Hall–Kier alpha value is -3.29. The highest BCUT2D eigenvalue weighted by molar-refractivity contribution is 7.89. The molecule has 0 unspecified atom stereocenters. The molecule has 1 atom stereocenters. The molecule has 0 aliphatic carbocycles. The molecule has 0 spiro atoms. The number of sulfonamides is 1. The van der Waals surface area contributed by atoms with Crippen molar-refractivity contribution in [2.45, 2.75) is 42.8 Å². The third kappa shape index (κ3) is 7.72. The molecular weight excluding hydrogens is 546 g/mol. The molecule has 4 N–H and O–H groups in total. The number of nitrogens with zero attached hydrogens (tertiary/aromatic N) is 2. The van der Waals surface area contributed by atoms with E-state index < -0.39 is 33.7 Å². The molecule has 0 saturated carbocycles. The van der Waals surface area contributed by atoms with Crippen LogP contribution < -0.4 is 16.4 Å². The minimum atomic E-state index is -3.52. The number of rotatable bonds is 9. The van der Waals surface area contributed by atoms with E-state index in [1.807, 2.05) is 43.4 Å². The molecule has 2 amide bonds. The number of ether oxygens (including phenoxy) is 2. The molecule has 222 valence electrons. The summed E-state index contributed by atoms with van der Waals surface area (Å²) in [6.07, 6.45) is -0.478. The monoisotopic (exact) mass is 585 g/mol. The number of carbonyl (C=O) groups excluding carboxylic acids is 2. The van der Waals surface area contributed by atoms with Gasteiger partial charge in [0.15, 0.2) is 0 Å². The van der Waals surface area contributed by atoms with Gasteiger partial charge < -0.3 is 30.7 Å². The average molecular weight is 586 g/mol. The van der Waals surface area contributed by atoms with E-state index in [2.05, 4.69) is 22.1 Å². The second kappa shape index (κ2) is 13.1. The van der Waals surface area contributed by atoms with Gasteiger partial charge in [-0.3, -0.25) is 4.79 Å². The van der Waals surface area contributed by atoms with Gasteiger partial charge in [0, 0.05) is 58.7 Å². The second-order valence-corrected chi connectivity index (χ2v) is 12.6. The van der Waals surface area contributed by atoms with Crippen molar-refractivity contribution >= 4 is 22.0 Å². The minimum Gasteiger partial charge on any atom is -0.416 e. The van der Waals surface area contributed by atoms with Crippen LogP contribution in [0, 0.1) is 0 Å². The van der Waals surface area contributed by atoms with Gasteiger partial charge in [0.05, 0.1) is 16.8 Å². The van der Waals surface area contributed by atoms with Crippen LogP contribution in [0.2, 0.25) is 0 Å². The Morgan fingerprint density at radius 2 is 1.59 bits per heavy atom. The Morgan fingerprint density at radius 1 is 1.02 bits per heavy atom. The fourth-order valence-electron chi connectivity index (χ4n) is 4.95. The molecule has 2 aromatic rings. The number of hydrogen-bond donors (Lipinski definition) is 3. The zero-order valence-corrected chi connectivity index (χ0v) is 24.4. The normalized spacial score (nSPS) is 18.7. The summed E-state index contributed by atoms with van der Waals surface area (Å²) >= 11 is 0. The fraction of sp³-hybridized carbons (Fsp3) is 0.448. The lowest BCUT2D eigenvalue weighted by atomic mass is 9.89. The van der Waals surface area contributed by atoms with Gasteiger partial charge >= 0.3 is 6.09 Å². The van der Waals surface area contributed by atoms with Gasteiger partial charge in [-0.05, 0) is 42.8 Å². The maximum Gasteiger partial charge on any atom is 0.413 e. The van der Waals surface area contributed by atoms with Crippen molar-refractivity contribution in [3.63, 3.8) is 0 Å². The molecule has 2 fully saturated rings. The summed E-state index contributed by atoms with van der Waals surface area (Å²) < 4.78 is 37.9. The number of nitrogens with one attached hydrogen (secondary N) is 2. The average Bonchev–Trinajstić information content (AvgIpc) is 2.93. The molecule has 2 heterocycles. The Kier molecular flexibility index (Phi) is 9.82. The summed E-state index contributed by atoms with van der Waals surface area (Å²) in [5.41, 5.74) is 7.82. The standard InChI is InChI=1S/C29H39N5O6S/c1-21(2)40-28(36)32-29(12-18-39-19-13-29)27(35)31-26(30)20-22-4-6-23(7-5-22)24-8-10-25(11-9-24)41(37,38)34-16-14-33(3)15-17-34/h4-11,26H,1,12-20,30H2,2-3H3,(H,31,35)(H,32,36)/t26-/m0/s1. The lowest BCUT2D eigenvalue weighted by molar-refractivity contribution is -0.132. The van der Waals surface area contributed by atoms with Gasteiger partial charge in [-0.1, -0.05) is 43.0 Å². The van der Waals surface area contributed by atoms with E-state index in [9.17, 15) is 18.0 Å². The Labute approximate surface area is 241 Å². The Balaban J connectivity index is 1.36.